The topological polar surface area (TPSA) is 64.8 Å². The first kappa shape index (κ1) is 15.5. The summed E-state index contributed by atoms with van der Waals surface area (Å²) in [5.74, 6) is 1.15. The van der Waals surface area contributed by atoms with E-state index in [0.717, 1.165) is 25.8 Å². The highest BCUT2D eigenvalue weighted by Gasteiger charge is 2.24. The van der Waals surface area contributed by atoms with Crippen LogP contribution < -0.4 is 15.2 Å². The Kier molecular flexibility index (Phi) is 4.94. The second-order valence-corrected chi connectivity index (χ2v) is 5.59. The number of nitrogens with zero attached hydrogens (tertiary/aromatic N) is 1. The molecule has 1 aromatic rings. The number of hydrogen-bond donors (Lipinski definition) is 1. The second kappa shape index (κ2) is 6.70. The number of amides is 1. The number of anilines is 1. The first-order valence-electron chi connectivity index (χ1n) is 7.54. The summed E-state index contributed by atoms with van der Waals surface area (Å²) in [7, 11) is 0. The normalized spacial score (nSPS) is 12.8. The van der Waals surface area contributed by atoms with Gasteiger partial charge >= 0.3 is 0 Å². The summed E-state index contributed by atoms with van der Waals surface area (Å²) < 4.78 is 10.6. The molecule has 2 rings (SSSR count). The fraction of sp³-hybridized carbons (Fsp3) is 0.562. The van der Waals surface area contributed by atoms with Crippen molar-refractivity contribution in [3.63, 3.8) is 0 Å². The van der Waals surface area contributed by atoms with E-state index >= 15 is 0 Å². The van der Waals surface area contributed by atoms with Crippen LogP contribution in [0.25, 0.3) is 0 Å². The highest BCUT2D eigenvalue weighted by Crippen LogP contribution is 2.36. The molecule has 1 aliphatic rings. The molecule has 0 atom stereocenters. The van der Waals surface area contributed by atoms with E-state index in [1.54, 1.807) is 12.1 Å². The van der Waals surface area contributed by atoms with Gasteiger partial charge in [0.2, 0.25) is 6.79 Å². The summed E-state index contributed by atoms with van der Waals surface area (Å²) >= 11 is 0. The van der Waals surface area contributed by atoms with Crippen molar-refractivity contribution < 1.29 is 14.3 Å². The van der Waals surface area contributed by atoms with Crippen molar-refractivity contribution in [2.45, 2.75) is 46.1 Å². The first-order chi connectivity index (χ1) is 10.0. The summed E-state index contributed by atoms with van der Waals surface area (Å²) in [6, 6.07) is 3.49. The molecule has 0 bridgehead atoms. The maximum absolute atomic E-state index is 12.8. The Balaban J connectivity index is 2.20. The van der Waals surface area contributed by atoms with Gasteiger partial charge in [0, 0.05) is 24.3 Å². The van der Waals surface area contributed by atoms with Crippen LogP contribution in [0, 0.1) is 0 Å². The van der Waals surface area contributed by atoms with Crippen molar-refractivity contribution in [3.05, 3.63) is 17.7 Å². The molecule has 5 heteroatoms. The molecule has 0 saturated carbocycles. The number of fused-ring (bicyclic) bond motifs is 1. The first-order valence-corrected chi connectivity index (χ1v) is 7.54. The molecular formula is C16H24N2O3. The SMILES string of the molecule is CCCCCN(C(=O)c1cc2c(cc1N)OCO2)C(C)C. The van der Waals surface area contributed by atoms with Crippen molar-refractivity contribution in [2.24, 2.45) is 0 Å². The van der Waals surface area contributed by atoms with Crippen LogP contribution in [0.4, 0.5) is 5.69 Å². The van der Waals surface area contributed by atoms with Crippen LogP contribution in [-0.4, -0.2) is 30.2 Å². The second-order valence-electron chi connectivity index (χ2n) is 5.59. The van der Waals surface area contributed by atoms with Crippen molar-refractivity contribution in [3.8, 4) is 11.5 Å². The fourth-order valence-electron chi connectivity index (χ4n) is 2.42. The molecule has 2 N–H and O–H groups in total. The van der Waals surface area contributed by atoms with Crippen LogP contribution in [0.1, 0.15) is 50.4 Å². The van der Waals surface area contributed by atoms with Gasteiger partial charge < -0.3 is 20.1 Å². The molecule has 1 heterocycles. The fourth-order valence-corrected chi connectivity index (χ4v) is 2.42. The third-order valence-electron chi connectivity index (χ3n) is 3.66. The predicted octanol–water partition coefficient (Wildman–Crippen LogP) is 3.04. The zero-order valence-electron chi connectivity index (χ0n) is 13.0. The van der Waals surface area contributed by atoms with Gasteiger partial charge in [-0.1, -0.05) is 19.8 Å². The lowest BCUT2D eigenvalue weighted by atomic mass is 10.1. The Labute approximate surface area is 126 Å². The molecule has 1 aliphatic heterocycles. The maximum atomic E-state index is 12.8. The van der Waals surface area contributed by atoms with Gasteiger partial charge in [-0.15, -0.1) is 0 Å². The molecule has 0 aliphatic carbocycles. The van der Waals surface area contributed by atoms with Crippen LogP contribution >= 0.6 is 0 Å². The van der Waals surface area contributed by atoms with Gasteiger partial charge in [-0.2, -0.15) is 0 Å². The van der Waals surface area contributed by atoms with Gasteiger partial charge in [-0.3, -0.25) is 4.79 Å². The molecule has 5 nitrogen and oxygen atoms in total. The lowest BCUT2D eigenvalue weighted by Crippen LogP contribution is -2.38. The minimum absolute atomic E-state index is 0.0445. The number of carbonyl (C=O) groups is 1. The molecule has 0 radical (unpaired) electrons. The number of ether oxygens (including phenoxy) is 2. The highest BCUT2D eigenvalue weighted by molar-refractivity contribution is 6.00. The number of carbonyl (C=O) groups excluding carboxylic acids is 1. The van der Waals surface area contributed by atoms with Gasteiger partial charge in [0.1, 0.15) is 0 Å². The van der Waals surface area contributed by atoms with Gasteiger partial charge in [0.05, 0.1) is 5.56 Å². The number of nitrogens with two attached hydrogens (primary N) is 1. The highest BCUT2D eigenvalue weighted by atomic mass is 16.7. The molecule has 1 aromatic carbocycles. The van der Waals surface area contributed by atoms with Gasteiger partial charge in [-0.25, -0.2) is 0 Å². The standard InChI is InChI=1S/C16H24N2O3/c1-4-5-6-7-18(11(2)3)16(19)12-8-14-15(9-13(12)17)21-10-20-14/h8-9,11H,4-7,10,17H2,1-3H3. The molecule has 0 spiro atoms. The Morgan fingerprint density at radius 1 is 1.29 bits per heavy atom. The lowest BCUT2D eigenvalue weighted by molar-refractivity contribution is 0.0703. The minimum Gasteiger partial charge on any atom is -0.454 e. The number of hydrogen-bond acceptors (Lipinski definition) is 4. The van der Waals surface area contributed by atoms with E-state index in [4.69, 9.17) is 15.2 Å². The van der Waals surface area contributed by atoms with Crippen molar-refractivity contribution in [1.29, 1.82) is 0 Å². The van der Waals surface area contributed by atoms with Crippen LogP contribution in [0.5, 0.6) is 11.5 Å². The molecule has 1 amide bonds. The lowest BCUT2D eigenvalue weighted by Gasteiger charge is -2.27. The predicted molar refractivity (Wildman–Crippen MR) is 82.7 cm³/mol. The summed E-state index contributed by atoms with van der Waals surface area (Å²) in [6.45, 7) is 7.12. The third kappa shape index (κ3) is 3.40. The molecule has 116 valence electrons. The van der Waals surface area contributed by atoms with Crippen molar-refractivity contribution in [2.75, 3.05) is 19.1 Å². The van der Waals surface area contributed by atoms with Gasteiger partial charge in [0.25, 0.3) is 5.91 Å². The molecule has 0 fully saturated rings. The van der Waals surface area contributed by atoms with Crippen LogP contribution in [0.15, 0.2) is 12.1 Å². The number of nitrogen functional groups attached to an aromatic ring is 1. The smallest absolute Gasteiger partial charge is 0.256 e. The zero-order valence-corrected chi connectivity index (χ0v) is 13.0. The minimum atomic E-state index is -0.0445. The van der Waals surface area contributed by atoms with Crippen molar-refractivity contribution in [1.82, 2.24) is 4.90 Å². The zero-order chi connectivity index (χ0) is 15.4. The quantitative estimate of drug-likeness (QED) is 0.646. The van der Waals surface area contributed by atoms with E-state index in [-0.39, 0.29) is 18.7 Å². The molecule has 0 aromatic heterocycles. The summed E-state index contributed by atoms with van der Waals surface area (Å²) in [6.07, 6.45) is 3.25. The van der Waals surface area contributed by atoms with Crippen LogP contribution in [0.3, 0.4) is 0 Å². The van der Waals surface area contributed by atoms with E-state index in [0.29, 0.717) is 22.7 Å². The summed E-state index contributed by atoms with van der Waals surface area (Å²) in [5, 5.41) is 0. The summed E-state index contributed by atoms with van der Waals surface area (Å²) in [5.41, 5.74) is 6.93. The maximum Gasteiger partial charge on any atom is 0.256 e. The Hall–Kier alpha value is -1.91. The summed E-state index contributed by atoms with van der Waals surface area (Å²) in [4.78, 5) is 14.6. The van der Waals surface area contributed by atoms with E-state index in [9.17, 15) is 4.79 Å². The number of benzene rings is 1. The Morgan fingerprint density at radius 2 is 1.95 bits per heavy atom. The average Bonchev–Trinajstić information content (AvgIpc) is 2.88. The Morgan fingerprint density at radius 3 is 2.57 bits per heavy atom. The van der Waals surface area contributed by atoms with E-state index in [1.807, 2.05) is 18.7 Å². The van der Waals surface area contributed by atoms with Gasteiger partial charge in [0.15, 0.2) is 11.5 Å². The van der Waals surface area contributed by atoms with Gasteiger partial charge in [-0.05, 0) is 26.3 Å². The molecular weight excluding hydrogens is 268 g/mol. The van der Waals surface area contributed by atoms with Crippen molar-refractivity contribution >= 4 is 11.6 Å². The molecule has 0 saturated heterocycles. The van der Waals surface area contributed by atoms with E-state index < -0.39 is 0 Å². The third-order valence-corrected chi connectivity index (χ3v) is 3.66. The van der Waals surface area contributed by atoms with Crippen LogP contribution in [0.2, 0.25) is 0 Å². The number of rotatable bonds is 6. The largest absolute Gasteiger partial charge is 0.454 e. The molecule has 0 unspecified atom stereocenters. The monoisotopic (exact) mass is 292 g/mol. The van der Waals surface area contributed by atoms with E-state index in [2.05, 4.69) is 6.92 Å². The van der Waals surface area contributed by atoms with Crippen LogP contribution in [-0.2, 0) is 0 Å². The average molecular weight is 292 g/mol. The van der Waals surface area contributed by atoms with E-state index in [1.165, 1.54) is 0 Å². The molecule has 21 heavy (non-hydrogen) atoms. The number of unbranched alkanes of at least 4 members (excludes halogenated alkanes) is 2. The Bertz CT molecular complexity index is 514.